The second kappa shape index (κ2) is 9.08. The zero-order valence-corrected chi connectivity index (χ0v) is 21.3. The SMILES string of the molecule is CC(C)n1nc(-c2cc(C(C)(F)F)ncc2F)c2c1CC(C(=O)NC1(C)CCS(O)(O)CC1)CC2. The lowest BCUT2D eigenvalue weighted by atomic mass is 9.84. The molecule has 1 fully saturated rings. The highest BCUT2D eigenvalue weighted by atomic mass is 32.3. The molecule has 194 valence electrons. The molecule has 1 saturated heterocycles. The van der Waals surface area contributed by atoms with Gasteiger partial charge < -0.3 is 5.32 Å². The molecule has 0 spiro atoms. The van der Waals surface area contributed by atoms with Crippen LogP contribution in [0.15, 0.2) is 12.3 Å². The maximum atomic E-state index is 14.7. The van der Waals surface area contributed by atoms with Crippen LogP contribution >= 0.6 is 10.6 Å². The summed E-state index contributed by atoms with van der Waals surface area (Å²) in [7, 11) is -2.55. The van der Waals surface area contributed by atoms with Crippen LogP contribution in [0.25, 0.3) is 11.3 Å². The highest BCUT2D eigenvalue weighted by Gasteiger charge is 2.38. The molecule has 35 heavy (non-hydrogen) atoms. The number of aromatic nitrogens is 3. The summed E-state index contributed by atoms with van der Waals surface area (Å²) in [5.74, 6) is -3.80. The maximum absolute atomic E-state index is 14.7. The molecule has 11 heteroatoms. The standard InChI is InChI=1S/C24H33F3N4O3S/c1-14(2)31-19-11-15(22(32)29-23(3)7-9-35(33,34)10-8-23)5-6-16(19)21(30-31)17-12-20(24(4,26)27)28-13-18(17)25/h12-15,33-34H,5-11H2,1-4H3,(H,29,32). The molecule has 0 radical (unpaired) electrons. The molecule has 0 aromatic carbocycles. The van der Waals surface area contributed by atoms with Crippen LogP contribution in [0.1, 0.15) is 70.0 Å². The molecular formula is C24H33F3N4O3S. The first-order chi connectivity index (χ1) is 16.2. The van der Waals surface area contributed by atoms with Gasteiger partial charge in [-0.1, -0.05) is 0 Å². The fourth-order valence-corrected chi connectivity index (χ4v) is 6.65. The largest absolute Gasteiger partial charge is 0.351 e. The van der Waals surface area contributed by atoms with Gasteiger partial charge in [-0.15, -0.1) is 0 Å². The number of pyridine rings is 1. The van der Waals surface area contributed by atoms with E-state index in [2.05, 4.69) is 15.4 Å². The lowest BCUT2D eigenvalue weighted by Crippen LogP contribution is -2.52. The van der Waals surface area contributed by atoms with E-state index in [1.54, 1.807) is 4.68 Å². The Morgan fingerprint density at radius 3 is 2.57 bits per heavy atom. The average molecular weight is 515 g/mol. The number of hydrogen-bond acceptors (Lipinski definition) is 5. The smallest absolute Gasteiger partial charge is 0.286 e. The van der Waals surface area contributed by atoms with Gasteiger partial charge in [-0.05, 0) is 52.5 Å². The van der Waals surface area contributed by atoms with Crippen molar-refractivity contribution in [2.24, 2.45) is 5.92 Å². The molecule has 1 aliphatic heterocycles. The summed E-state index contributed by atoms with van der Waals surface area (Å²) in [5.41, 5.74) is 0.879. The van der Waals surface area contributed by atoms with Crippen LogP contribution in [0.5, 0.6) is 0 Å². The summed E-state index contributed by atoms with van der Waals surface area (Å²) < 4.78 is 64.1. The monoisotopic (exact) mass is 514 g/mol. The van der Waals surface area contributed by atoms with Crippen molar-refractivity contribution >= 4 is 16.5 Å². The third-order valence-corrected chi connectivity index (χ3v) is 8.82. The van der Waals surface area contributed by atoms with Crippen LogP contribution in [0.3, 0.4) is 0 Å². The molecule has 1 aliphatic carbocycles. The minimum Gasteiger partial charge on any atom is -0.351 e. The van der Waals surface area contributed by atoms with E-state index in [4.69, 9.17) is 0 Å². The number of halogens is 3. The van der Waals surface area contributed by atoms with Crippen molar-refractivity contribution < 1.29 is 27.1 Å². The van der Waals surface area contributed by atoms with Crippen LogP contribution < -0.4 is 5.32 Å². The van der Waals surface area contributed by atoms with Crippen molar-refractivity contribution in [1.82, 2.24) is 20.1 Å². The molecule has 1 unspecified atom stereocenters. The molecule has 4 rings (SSSR count). The number of rotatable bonds is 5. The first-order valence-electron chi connectivity index (χ1n) is 11.9. The van der Waals surface area contributed by atoms with E-state index in [0.29, 0.717) is 37.8 Å². The second-order valence-corrected chi connectivity index (χ2v) is 12.9. The minimum atomic E-state index is -3.21. The molecule has 1 atom stereocenters. The number of carbonyl (C=O) groups excluding carboxylic acids is 1. The van der Waals surface area contributed by atoms with Gasteiger partial charge in [0.05, 0.1) is 11.9 Å². The van der Waals surface area contributed by atoms with Gasteiger partial charge in [0.15, 0.2) is 5.82 Å². The zero-order valence-electron chi connectivity index (χ0n) is 20.4. The van der Waals surface area contributed by atoms with Gasteiger partial charge in [0.25, 0.3) is 5.92 Å². The first kappa shape index (κ1) is 26.0. The molecule has 7 nitrogen and oxygen atoms in total. The predicted molar refractivity (Wildman–Crippen MR) is 129 cm³/mol. The van der Waals surface area contributed by atoms with Crippen molar-refractivity contribution in [3.05, 3.63) is 35.0 Å². The summed E-state index contributed by atoms with van der Waals surface area (Å²) in [5, 5.41) is 7.73. The number of hydrogen-bond donors (Lipinski definition) is 3. The third kappa shape index (κ3) is 5.36. The van der Waals surface area contributed by atoms with Crippen molar-refractivity contribution in [1.29, 1.82) is 0 Å². The Kier molecular flexibility index (Phi) is 6.74. The van der Waals surface area contributed by atoms with Crippen molar-refractivity contribution in [3.8, 4) is 11.3 Å². The molecule has 2 aliphatic rings. The fraction of sp³-hybridized carbons (Fsp3) is 0.625. The molecule has 2 aromatic rings. The minimum absolute atomic E-state index is 0.0104. The number of nitrogens with one attached hydrogen (secondary N) is 1. The summed E-state index contributed by atoms with van der Waals surface area (Å²) in [6.45, 7) is 6.50. The Morgan fingerprint density at radius 2 is 1.97 bits per heavy atom. The first-order valence-corrected chi connectivity index (χ1v) is 13.8. The van der Waals surface area contributed by atoms with Gasteiger partial charge in [0.1, 0.15) is 5.69 Å². The van der Waals surface area contributed by atoms with Gasteiger partial charge in [-0.2, -0.15) is 24.5 Å². The summed E-state index contributed by atoms with van der Waals surface area (Å²) in [4.78, 5) is 16.8. The number of amides is 1. The number of nitrogens with zero attached hydrogens (tertiary/aromatic N) is 3. The normalized spacial score (nSPS) is 22.5. The van der Waals surface area contributed by atoms with Crippen molar-refractivity contribution in [2.75, 3.05) is 11.5 Å². The summed E-state index contributed by atoms with van der Waals surface area (Å²) in [6, 6.07) is 0.993. The van der Waals surface area contributed by atoms with Gasteiger partial charge in [0.2, 0.25) is 5.91 Å². The molecule has 3 heterocycles. The van der Waals surface area contributed by atoms with E-state index >= 15 is 0 Å². The maximum Gasteiger partial charge on any atom is 0.286 e. The van der Waals surface area contributed by atoms with Gasteiger partial charge in [-0.3, -0.25) is 23.6 Å². The summed E-state index contributed by atoms with van der Waals surface area (Å²) in [6.07, 6.45) is 3.19. The lowest BCUT2D eigenvalue weighted by molar-refractivity contribution is -0.127. The van der Waals surface area contributed by atoms with Crippen molar-refractivity contribution in [2.45, 2.75) is 77.3 Å². The Morgan fingerprint density at radius 1 is 1.31 bits per heavy atom. The predicted octanol–water partition coefficient (Wildman–Crippen LogP) is 5.30. The quantitative estimate of drug-likeness (QED) is 0.503. The fourth-order valence-electron chi connectivity index (χ4n) is 4.89. The van der Waals surface area contributed by atoms with Crippen molar-refractivity contribution in [3.63, 3.8) is 0 Å². The van der Waals surface area contributed by atoms with Gasteiger partial charge in [0, 0.05) is 59.2 Å². The van der Waals surface area contributed by atoms with Crippen LogP contribution in [0.4, 0.5) is 13.2 Å². The highest BCUT2D eigenvalue weighted by molar-refractivity contribution is 8.24. The van der Waals surface area contributed by atoms with E-state index in [0.717, 1.165) is 30.4 Å². The van der Waals surface area contributed by atoms with E-state index < -0.39 is 33.6 Å². The second-order valence-electron chi connectivity index (χ2n) is 10.4. The topological polar surface area (TPSA) is 100 Å². The van der Waals surface area contributed by atoms with Crippen LogP contribution in [-0.4, -0.2) is 46.8 Å². The van der Waals surface area contributed by atoms with Gasteiger partial charge in [-0.25, -0.2) is 4.39 Å². The molecule has 0 bridgehead atoms. The average Bonchev–Trinajstić information content (AvgIpc) is 3.15. The Balaban J connectivity index is 1.61. The number of alkyl halides is 2. The van der Waals surface area contributed by atoms with E-state index in [1.165, 1.54) is 0 Å². The van der Waals surface area contributed by atoms with E-state index in [-0.39, 0.29) is 34.9 Å². The molecule has 1 amide bonds. The summed E-state index contributed by atoms with van der Waals surface area (Å²) >= 11 is 0. The van der Waals surface area contributed by atoms with E-state index in [1.807, 2.05) is 20.8 Å². The van der Waals surface area contributed by atoms with Crippen LogP contribution in [0.2, 0.25) is 0 Å². The number of fused-ring (bicyclic) bond motifs is 1. The molecule has 2 aromatic heterocycles. The lowest BCUT2D eigenvalue weighted by Gasteiger charge is -2.45. The van der Waals surface area contributed by atoms with Crippen LogP contribution in [0, 0.1) is 11.7 Å². The van der Waals surface area contributed by atoms with E-state index in [9.17, 15) is 27.1 Å². The Labute approximate surface area is 204 Å². The highest BCUT2D eigenvalue weighted by Crippen LogP contribution is 2.47. The Hall–Kier alpha value is -2.11. The third-order valence-electron chi connectivity index (χ3n) is 7.11. The molecule has 3 N–H and O–H groups in total. The van der Waals surface area contributed by atoms with Crippen LogP contribution in [-0.2, 0) is 23.6 Å². The molecule has 0 saturated carbocycles. The zero-order chi connectivity index (χ0) is 25.8. The number of carbonyl (C=O) groups is 1. The molecular weight excluding hydrogens is 481 g/mol. The Bertz CT molecular complexity index is 1120. The van der Waals surface area contributed by atoms with Gasteiger partial charge >= 0.3 is 0 Å².